The Morgan fingerprint density at radius 2 is 1.80 bits per heavy atom. The van der Waals surface area contributed by atoms with Gasteiger partial charge in [-0.3, -0.25) is 0 Å². The molecule has 1 aliphatic rings. The molecule has 0 radical (unpaired) electrons. The maximum Gasteiger partial charge on any atom is 0.0936 e. The molecule has 0 aliphatic heterocycles. The Labute approximate surface area is 123 Å². The minimum atomic E-state index is -0.839. The number of hydrogen-bond acceptors (Lipinski definition) is 2. The van der Waals surface area contributed by atoms with Crippen LogP contribution >= 0.6 is 0 Å². The van der Waals surface area contributed by atoms with E-state index in [2.05, 4.69) is 38.1 Å². The predicted molar refractivity (Wildman–Crippen MR) is 84.5 cm³/mol. The summed E-state index contributed by atoms with van der Waals surface area (Å²) in [5.41, 5.74) is 7.41. The summed E-state index contributed by atoms with van der Waals surface area (Å²) >= 11 is 0. The first-order valence-corrected chi connectivity index (χ1v) is 7.97. The first-order chi connectivity index (χ1) is 9.45. The number of hydrogen-bond donors (Lipinski definition) is 2. The normalized spacial score (nSPS) is 29.9. The maximum absolute atomic E-state index is 11.2. The van der Waals surface area contributed by atoms with Crippen molar-refractivity contribution >= 4 is 0 Å². The minimum absolute atomic E-state index is 0.173. The molecule has 2 nitrogen and oxygen atoms in total. The van der Waals surface area contributed by atoms with Crippen molar-refractivity contribution in [2.75, 3.05) is 6.54 Å². The minimum Gasteiger partial charge on any atom is -0.385 e. The Hall–Kier alpha value is -0.860. The summed E-state index contributed by atoms with van der Waals surface area (Å²) in [5.74, 6) is 0.757. The lowest BCUT2D eigenvalue weighted by Crippen LogP contribution is -2.50. The topological polar surface area (TPSA) is 46.2 Å². The van der Waals surface area contributed by atoms with Gasteiger partial charge in [-0.2, -0.15) is 0 Å². The third kappa shape index (κ3) is 2.64. The predicted octanol–water partition coefficient (Wildman–Crippen LogP) is 3.61. The third-order valence-electron chi connectivity index (χ3n) is 5.58. The molecule has 1 fully saturated rings. The smallest absolute Gasteiger partial charge is 0.0936 e. The van der Waals surface area contributed by atoms with Crippen LogP contribution in [0, 0.1) is 11.3 Å². The highest BCUT2D eigenvalue weighted by Crippen LogP contribution is 2.50. The van der Waals surface area contributed by atoms with Crippen LogP contribution in [-0.2, 0) is 12.0 Å². The number of rotatable bonds is 4. The summed E-state index contributed by atoms with van der Waals surface area (Å²) in [7, 11) is 0. The molecule has 3 N–H and O–H groups in total. The summed E-state index contributed by atoms with van der Waals surface area (Å²) in [4.78, 5) is 0. The Kier molecular flexibility index (Phi) is 4.55. The van der Waals surface area contributed by atoms with E-state index in [1.807, 2.05) is 6.92 Å². The van der Waals surface area contributed by atoms with Crippen molar-refractivity contribution in [1.29, 1.82) is 0 Å². The summed E-state index contributed by atoms with van der Waals surface area (Å²) in [6.07, 6.45) is 5.41. The van der Waals surface area contributed by atoms with Gasteiger partial charge in [-0.1, -0.05) is 51.0 Å². The second-order valence-corrected chi connectivity index (χ2v) is 6.79. The molecule has 2 rings (SSSR count). The molecule has 0 aromatic heterocycles. The van der Waals surface area contributed by atoms with Gasteiger partial charge in [-0.25, -0.2) is 0 Å². The number of nitrogens with two attached hydrogens (primary N) is 1. The van der Waals surface area contributed by atoms with Crippen molar-refractivity contribution in [1.82, 2.24) is 0 Å². The second-order valence-electron chi connectivity index (χ2n) is 6.79. The highest BCUT2D eigenvalue weighted by Gasteiger charge is 2.48. The van der Waals surface area contributed by atoms with Gasteiger partial charge in [0.1, 0.15) is 0 Å². The summed E-state index contributed by atoms with van der Waals surface area (Å²) in [6, 6.07) is 8.40. The zero-order valence-electron chi connectivity index (χ0n) is 13.2. The molecule has 0 bridgehead atoms. The van der Waals surface area contributed by atoms with E-state index in [4.69, 9.17) is 5.73 Å². The maximum atomic E-state index is 11.2. The lowest BCUT2D eigenvalue weighted by Gasteiger charge is -2.49. The van der Waals surface area contributed by atoms with Crippen LogP contribution in [0.25, 0.3) is 0 Å². The molecule has 2 heteroatoms. The van der Waals surface area contributed by atoms with Crippen LogP contribution in [0.1, 0.15) is 57.6 Å². The number of aryl methyl sites for hydroxylation is 1. The fourth-order valence-electron chi connectivity index (χ4n) is 3.58. The highest BCUT2D eigenvalue weighted by atomic mass is 16.3. The van der Waals surface area contributed by atoms with Crippen molar-refractivity contribution in [3.8, 4) is 0 Å². The van der Waals surface area contributed by atoms with Crippen molar-refractivity contribution < 1.29 is 5.11 Å². The molecular formula is C18H29NO. The van der Waals surface area contributed by atoms with E-state index >= 15 is 0 Å². The molecule has 0 amide bonds. The van der Waals surface area contributed by atoms with Crippen LogP contribution in [0.2, 0.25) is 0 Å². The van der Waals surface area contributed by atoms with Crippen molar-refractivity contribution in [2.45, 2.75) is 58.5 Å². The number of benzene rings is 1. The van der Waals surface area contributed by atoms with Gasteiger partial charge in [0, 0.05) is 12.0 Å². The van der Waals surface area contributed by atoms with E-state index in [1.54, 1.807) is 0 Å². The van der Waals surface area contributed by atoms with Crippen molar-refractivity contribution in [3.05, 3.63) is 35.4 Å². The van der Waals surface area contributed by atoms with Crippen LogP contribution in [0.4, 0.5) is 0 Å². The quantitative estimate of drug-likeness (QED) is 0.881. The SMILES string of the molecule is CCc1ccc(C(C)(O)C2(CN)CCC(C)CC2)cc1. The molecule has 1 aliphatic carbocycles. The first kappa shape index (κ1) is 15.5. The van der Waals surface area contributed by atoms with Gasteiger partial charge < -0.3 is 10.8 Å². The molecule has 1 unspecified atom stereocenters. The average molecular weight is 275 g/mol. The van der Waals surface area contributed by atoms with Gasteiger partial charge in [0.25, 0.3) is 0 Å². The monoisotopic (exact) mass is 275 g/mol. The largest absolute Gasteiger partial charge is 0.385 e. The summed E-state index contributed by atoms with van der Waals surface area (Å²) in [5, 5.41) is 11.2. The van der Waals surface area contributed by atoms with Crippen LogP contribution in [-0.4, -0.2) is 11.7 Å². The van der Waals surface area contributed by atoms with Crippen LogP contribution in [0.5, 0.6) is 0 Å². The molecule has 20 heavy (non-hydrogen) atoms. The van der Waals surface area contributed by atoms with Gasteiger partial charge in [-0.15, -0.1) is 0 Å². The lowest BCUT2D eigenvalue weighted by atomic mass is 9.60. The van der Waals surface area contributed by atoms with Crippen LogP contribution < -0.4 is 5.73 Å². The standard InChI is InChI=1S/C18H29NO/c1-4-15-5-7-16(8-6-15)17(3,20)18(13-19)11-9-14(2)10-12-18/h5-8,14,20H,4,9-13,19H2,1-3H3. The zero-order valence-corrected chi connectivity index (χ0v) is 13.2. The van der Waals surface area contributed by atoms with Crippen molar-refractivity contribution in [3.63, 3.8) is 0 Å². The Balaban J connectivity index is 2.30. The van der Waals surface area contributed by atoms with E-state index < -0.39 is 5.60 Å². The highest BCUT2D eigenvalue weighted by molar-refractivity contribution is 5.29. The Morgan fingerprint density at radius 3 is 2.25 bits per heavy atom. The van der Waals surface area contributed by atoms with Crippen molar-refractivity contribution in [2.24, 2.45) is 17.1 Å². The Morgan fingerprint density at radius 1 is 1.25 bits per heavy atom. The van der Waals surface area contributed by atoms with E-state index in [-0.39, 0.29) is 5.41 Å². The molecule has 1 aromatic carbocycles. The fourth-order valence-corrected chi connectivity index (χ4v) is 3.58. The van der Waals surface area contributed by atoms with E-state index in [1.165, 1.54) is 18.4 Å². The van der Waals surface area contributed by atoms with Gasteiger partial charge in [0.05, 0.1) is 5.60 Å². The summed E-state index contributed by atoms with van der Waals surface area (Å²) in [6.45, 7) is 6.96. The molecular weight excluding hydrogens is 246 g/mol. The summed E-state index contributed by atoms with van der Waals surface area (Å²) < 4.78 is 0. The second kappa shape index (κ2) is 5.87. The van der Waals surface area contributed by atoms with E-state index in [0.29, 0.717) is 6.54 Å². The molecule has 1 saturated carbocycles. The molecule has 0 spiro atoms. The molecule has 1 atom stereocenters. The van der Waals surface area contributed by atoms with Gasteiger partial charge >= 0.3 is 0 Å². The fraction of sp³-hybridized carbons (Fsp3) is 0.667. The molecule has 112 valence electrons. The van der Waals surface area contributed by atoms with Gasteiger partial charge in [-0.05, 0) is 43.2 Å². The molecule has 0 saturated heterocycles. The molecule has 0 heterocycles. The van der Waals surface area contributed by atoms with E-state index in [9.17, 15) is 5.11 Å². The van der Waals surface area contributed by atoms with E-state index in [0.717, 1.165) is 30.7 Å². The third-order valence-corrected chi connectivity index (χ3v) is 5.58. The molecule has 1 aromatic rings. The average Bonchev–Trinajstić information content (AvgIpc) is 2.48. The van der Waals surface area contributed by atoms with Gasteiger partial charge in [0.2, 0.25) is 0 Å². The van der Waals surface area contributed by atoms with Crippen LogP contribution in [0.15, 0.2) is 24.3 Å². The zero-order chi connectivity index (χ0) is 14.8. The lowest BCUT2D eigenvalue weighted by molar-refractivity contribution is -0.0970. The van der Waals surface area contributed by atoms with Crippen LogP contribution in [0.3, 0.4) is 0 Å². The first-order valence-electron chi connectivity index (χ1n) is 7.97. The Bertz CT molecular complexity index is 427. The number of aliphatic hydroxyl groups is 1. The van der Waals surface area contributed by atoms with Gasteiger partial charge in [0.15, 0.2) is 0 Å².